The molecule has 0 aromatic carbocycles. The van der Waals surface area contributed by atoms with E-state index in [0.717, 1.165) is 0 Å². The van der Waals surface area contributed by atoms with Gasteiger partial charge in [-0.25, -0.2) is 9.78 Å². The van der Waals surface area contributed by atoms with E-state index >= 15 is 0 Å². The molecule has 0 unspecified atom stereocenters. The minimum atomic E-state index is -0.549. The number of ether oxygens (including phenoxy) is 2. The minimum Gasteiger partial charge on any atom is -0.474 e. The van der Waals surface area contributed by atoms with Crippen molar-refractivity contribution in [3.05, 3.63) is 27.9 Å². The Hall–Kier alpha value is -2.38. The number of nitro groups is 1. The monoisotopic (exact) mass is 311 g/mol. The molecule has 1 aromatic heterocycles. The topological polar surface area (TPSA) is 104 Å². The fourth-order valence-electron chi connectivity index (χ4n) is 1.56. The van der Waals surface area contributed by atoms with E-state index in [2.05, 4.69) is 10.3 Å². The van der Waals surface area contributed by atoms with Crippen LogP contribution in [0.25, 0.3) is 0 Å². The molecule has 1 heterocycles. The largest absolute Gasteiger partial charge is 0.474 e. The Morgan fingerprint density at radius 1 is 1.45 bits per heavy atom. The van der Waals surface area contributed by atoms with Gasteiger partial charge in [0.1, 0.15) is 12.7 Å². The van der Waals surface area contributed by atoms with Crippen LogP contribution in [0.1, 0.15) is 33.4 Å². The van der Waals surface area contributed by atoms with Gasteiger partial charge in [-0.05, 0) is 34.6 Å². The second-order valence-electron chi connectivity index (χ2n) is 5.96. The van der Waals surface area contributed by atoms with Crippen LogP contribution in [0.15, 0.2) is 12.1 Å². The molecule has 1 rings (SSSR count). The van der Waals surface area contributed by atoms with Crippen LogP contribution >= 0.6 is 0 Å². The summed E-state index contributed by atoms with van der Waals surface area (Å²) in [5.41, 5.74) is -0.0131. The average Bonchev–Trinajstić information content (AvgIpc) is 2.33. The lowest BCUT2D eigenvalue weighted by molar-refractivity contribution is -0.385. The van der Waals surface area contributed by atoms with E-state index < -0.39 is 22.7 Å². The highest BCUT2D eigenvalue weighted by molar-refractivity contribution is 5.68. The number of alkyl carbamates (subject to hydrolysis) is 1. The quantitative estimate of drug-likeness (QED) is 0.662. The minimum absolute atomic E-state index is 0.0468. The van der Waals surface area contributed by atoms with Gasteiger partial charge in [0.05, 0.1) is 11.0 Å². The molecule has 0 aliphatic heterocycles. The van der Waals surface area contributed by atoms with E-state index in [9.17, 15) is 14.9 Å². The third kappa shape index (κ3) is 6.38. The number of hydrogen-bond acceptors (Lipinski definition) is 6. The fraction of sp³-hybridized carbons (Fsp3) is 0.571. The molecule has 0 saturated heterocycles. The molecule has 0 spiro atoms. The van der Waals surface area contributed by atoms with Crippen molar-refractivity contribution in [1.82, 2.24) is 10.3 Å². The highest BCUT2D eigenvalue weighted by Crippen LogP contribution is 2.19. The number of nitrogens with one attached hydrogen (secondary N) is 1. The van der Waals surface area contributed by atoms with Crippen molar-refractivity contribution in [2.75, 3.05) is 6.61 Å². The number of nitrogens with zero attached hydrogens (tertiary/aromatic N) is 2. The maximum absolute atomic E-state index is 11.6. The summed E-state index contributed by atoms with van der Waals surface area (Å²) in [6, 6.07) is 2.58. The molecule has 1 atom stereocenters. The van der Waals surface area contributed by atoms with Gasteiger partial charge < -0.3 is 14.8 Å². The van der Waals surface area contributed by atoms with Crippen molar-refractivity contribution in [3.63, 3.8) is 0 Å². The van der Waals surface area contributed by atoms with E-state index in [1.165, 1.54) is 12.1 Å². The summed E-state index contributed by atoms with van der Waals surface area (Å²) in [4.78, 5) is 25.9. The molecule has 0 fully saturated rings. The van der Waals surface area contributed by atoms with Gasteiger partial charge in [0.2, 0.25) is 5.88 Å². The van der Waals surface area contributed by atoms with Crippen LogP contribution in [0.2, 0.25) is 0 Å². The SMILES string of the molecule is Cc1cc([N+](=O)[O-])cc(OC[C@H](C)OC(=O)NC(C)(C)C)n1. The third-order valence-corrected chi connectivity index (χ3v) is 2.38. The predicted octanol–water partition coefficient (Wildman–Crippen LogP) is 2.59. The molecule has 0 saturated carbocycles. The molecule has 0 aliphatic carbocycles. The van der Waals surface area contributed by atoms with E-state index in [1.807, 2.05) is 20.8 Å². The molecule has 0 bridgehead atoms. The van der Waals surface area contributed by atoms with Crippen molar-refractivity contribution in [1.29, 1.82) is 0 Å². The lowest BCUT2D eigenvalue weighted by atomic mass is 10.1. The molecule has 122 valence electrons. The maximum atomic E-state index is 11.6. The first kappa shape index (κ1) is 17.7. The lowest BCUT2D eigenvalue weighted by Crippen LogP contribution is -2.42. The predicted molar refractivity (Wildman–Crippen MR) is 80.0 cm³/mol. The number of pyridine rings is 1. The average molecular weight is 311 g/mol. The smallest absolute Gasteiger partial charge is 0.407 e. The lowest BCUT2D eigenvalue weighted by Gasteiger charge is -2.22. The molecule has 8 heteroatoms. The molecule has 1 N–H and O–H groups in total. The van der Waals surface area contributed by atoms with Crippen LogP contribution in [0, 0.1) is 17.0 Å². The Kier molecular flexibility index (Phi) is 5.67. The van der Waals surface area contributed by atoms with Gasteiger partial charge in [-0.1, -0.05) is 0 Å². The number of rotatable bonds is 5. The molecule has 22 heavy (non-hydrogen) atoms. The molecular weight excluding hydrogens is 290 g/mol. The van der Waals surface area contributed by atoms with Crippen molar-refractivity contribution in [2.45, 2.75) is 46.3 Å². The number of aryl methyl sites for hydroxylation is 1. The van der Waals surface area contributed by atoms with Gasteiger partial charge in [0.15, 0.2) is 0 Å². The standard InChI is InChI=1S/C14H21N3O5/c1-9-6-11(17(19)20)7-12(15-9)21-8-10(2)22-13(18)16-14(3,4)5/h6-7,10H,8H2,1-5H3,(H,16,18)/t10-/m0/s1. The van der Waals surface area contributed by atoms with Crippen LogP contribution in [-0.4, -0.2) is 34.3 Å². The molecule has 1 amide bonds. The van der Waals surface area contributed by atoms with Crippen LogP contribution in [-0.2, 0) is 4.74 Å². The Bertz CT molecular complexity index is 554. The van der Waals surface area contributed by atoms with E-state index in [4.69, 9.17) is 9.47 Å². The molecular formula is C14H21N3O5. The van der Waals surface area contributed by atoms with Crippen molar-refractivity contribution < 1.29 is 19.2 Å². The van der Waals surface area contributed by atoms with Crippen LogP contribution in [0.3, 0.4) is 0 Å². The summed E-state index contributed by atoms with van der Waals surface area (Å²) >= 11 is 0. The first-order valence-corrected chi connectivity index (χ1v) is 6.81. The number of aromatic nitrogens is 1. The first-order chi connectivity index (χ1) is 10.1. The van der Waals surface area contributed by atoms with Gasteiger partial charge in [-0.3, -0.25) is 10.1 Å². The van der Waals surface area contributed by atoms with Crippen molar-refractivity contribution in [3.8, 4) is 5.88 Å². The number of amides is 1. The number of carbonyl (C=O) groups excluding carboxylic acids is 1. The molecule has 0 radical (unpaired) electrons. The third-order valence-electron chi connectivity index (χ3n) is 2.38. The van der Waals surface area contributed by atoms with E-state index in [-0.39, 0.29) is 18.2 Å². The molecule has 1 aromatic rings. The van der Waals surface area contributed by atoms with Gasteiger partial charge in [0, 0.05) is 17.3 Å². The van der Waals surface area contributed by atoms with Gasteiger partial charge in [-0.15, -0.1) is 0 Å². The van der Waals surface area contributed by atoms with Gasteiger partial charge in [0.25, 0.3) is 5.69 Å². The number of hydrogen-bond donors (Lipinski definition) is 1. The van der Waals surface area contributed by atoms with Crippen molar-refractivity contribution in [2.24, 2.45) is 0 Å². The Morgan fingerprint density at radius 3 is 2.64 bits per heavy atom. The van der Waals surface area contributed by atoms with Crippen LogP contribution in [0.4, 0.5) is 10.5 Å². The molecule has 0 aliphatic rings. The summed E-state index contributed by atoms with van der Waals surface area (Å²) in [6.45, 7) is 8.86. The second-order valence-corrected chi connectivity index (χ2v) is 5.96. The zero-order chi connectivity index (χ0) is 16.9. The molecule has 8 nitrogen and oxygen atoms in total. The van der Waals surface area contributed by atoms with Crippen LogP contribution in [0.5, 0.6) is 5.88 Å². The van der Waals surface area contributed by atoms with Crippen molar-refractivity contribution >= 4 is 11.8 Å². The van der Waals surface area contributed by atoms with E-state index in [0.29, 0.717) is 5.69 Å². The van der Waals surface area contributed by atoms with Gasteiger partial charge >= 0.3 is 6.09 Å². The Balaban J connectivity index is 2.55. The number of carbonyl (C=O) groups is 1. The maximum Gasteiger partial charge on any atom is 0.407 e. The fourth-order valence-corrected chi connectivity index (χ4v) is 1.56. The highest BCUT2D eigenvalue weighted by atomic mass is 16.6. The first-order valence-electron chi connectivity index (χ1n) is 6.81. The summed E-state index contributed by atoms with van der Waals surface area (Å²) < 4.78 is 10.5. The summed E-state index contributed by atoms with van der Waals surface area (Å²) in [5.74, 6) is 0.123. The van der Waals surface area contributed by atoms with E-state index in [1.54, 1.807) is 13.8 Å². The zero-order valence-corrected chi connectivity index (χ0v) is 13.4. The Morgan fingerprint density at radius 2 is 2.09 bits per heavy atom. The highest BCUT2D eigenvalue weighted by Gasteiger charge is 2.18. The summed E-state index contributed by atoms with van der Waals surface area (Å²) in [7, 11) is 0. The normalized spacial score (nSPS) is 12.4. The van der Waals surface area contributed by atoms with Crippen LogP contribution < -0.4 is 10.1 Å². The van der Waals surface area contributed by atoms with Gasteiger partial charge in [-0.2, -0.15) is 0 Å². The Labute approximate surface area is 129 Å². The summed E-state index contributed by atoms with van der Waals surface area (Å²) in [5, 5.41) is 13.4. The second kappa shape index (κ2) is 7.06. The zero-order valence-electron chi connectivity index (χ0n) is 13.4. The summed E-state index contributed by atoms with van der Waals surface area (Å²) in [6.07, 6.45) is -1.07.